The van der Waals surface area contributed by atoms with Crippen LogP contribution >= 0.6 is 11.3 Å². The molecule has 26 heavy (non-hydrogen) atoms. The van der Waals surface area contributed by atoms with Crippen molar-refractivity contribution >= 4 is 32.6 Å². The molecule has 6 heteroatoms. The molecular formula is C20H21N4OS+. The number of carbonyl (C=O) groups is 1. The second-order valence-electron chi connectivity index (χ2n) is 6.52. The van der Waals surface area contributed by atoms with Gasteiger partial charge in [-0.3, -0.25) is 9.69 Å². The minimum absolute atomic E-state index is 0.0903. The Balaban J connectivity index is 1.98. The topological polar surface area (TPSA) is 61.4 Å². The molecule has 0 aliphatic heterocycles. The lowest BCUT2D eigenvalue weighted by atomic mass is 10.1. The number of likely N-dealkylation sites (N-methyl/N-ethyl adjacent to an activating group) is 1. The monoisotopic (exact) mass is 365 g/mol. The van der Waals surface area contributed by atoms with Crippen molar-refractivity contribution in [2.75, 3.05) is 32.1 Å². The van der Waals surface area contributed by atoms with Gasteiger partial charge >= 0.3 is 0 Å². The number of fused-ring (bicyclic) bond motifs is 1. The molecule has 0 saturated carbocycles. The fourth-order valence-electron chi connectivity index (χ4n) is 2.65. The fourth-order valence-corrected chi connectivity index (χ4v) is 3.72. The second kappa shape index (κ2) is 7.65. The van der Waals surface area contributed by atoms with Crippen LogP contribution in [-0.2, 0) is 0 Å². The van der Waals surface area contributed by atoms with Gasteiger partial charge in [0, 0.05) is 5.56 Å². The van der Waals surface area contributed by atoms with Crippen molar-refractivity contribution in [3.63, 3.8) is 0 Å². The minimum atomic E-state index is -0.0903. The average molecular weight is 365 g/mol. The Bertz CT molecular complexity index is 970. The van der Waals surface area contributed by atoms with Crippen LogP contribution in [0.5, 0.6) is 0 Å². The zero-order valence-corrected chi connectivity index (χ0v) is 15.9. The number of benzene rings is 2. The molecule has 3 aromatic rings. The molecule has 0 saturated heterocycles. The summed E-state index contributed by atoms with van der Waals surface area (Å²) in [7, 11) is 4.12. The Kier molecular flexibility index (Phi) is 5.31. The number of nitrogens with one attached hydrogen (secondary N) is 1. The maximum Gasteiger partial charge on any atom is 0.260 e. The van der Waals surface area contributed by atoms with Gasteiger partial charge in [0.25, 0.3) is 5.91 Å². The molecule has 0 spiro atoms. The maximum absolute atomic E-state index is 13.1. The summed E-state index contributed by atoms with van der Waals surface area (Å²) in [5.74, 6) is -0.0903. The molecule has 1 heterocycles. The zero-order valence-electron chi connectivity index (χ0n) is 15.1. The van der Waals surface area contributed by atoms with Crippen molar-refractivity contribution in [2.45, 2.75) is 6.92 Å². The number of hydrogen-bond donors (Lipinski definition) is 1. The van der Waals surface area contributed by atoms with Crippen LogP contribution in [-0.4, -0.2) is 38.1 Å². The lowest BCUT2D eigenvalue weighted by Gasteiger charge is -2.20. The molecule has 0 radical (unpaired) electrons. The van der Waals surface area contributed by atoms with Crippen molar-refractivity contribution in [1.29, 1.82) is 5.26 Å². The van der Waals surface area contributed by atoms with Gasteiger partial charge in [0.2, 0.25) is 0 Å². The molecule has 1 N–H and O–H groups in total. The molecule has 2 aromatic carbocycles. The highest BCUT2D eigenvalue weighted by Crippen LogP contribution is 2.31. The van der Waals surface area contributed by atoms with Gasteiger partial charge in [-0.05, 0) is 42.8 Å². The van der Waals surface area contributed by atoms with Crippen LogP contribution in [0.25, 0.3) is 10.2 Å². The molecule has 0 fully saturated rings. The summed E-state index contributed by atoms with van der Waals surface area (Å²) in [5, 5.41) is 9.66. The van der Waals surface area contributed by atoms with Crippen molar-refractivity contribution in [1.82, 2.24) is 4.98 Å². The summed E-state index contributed by atoms with van der Waals surface area (Å²) in [5.41, 5.74) is 3.16. The number of aromatic nitrogens is 1. The predicted molar refractivity (Wildman–Crippen MR) is 105 cm³/mol. The zero-order chi connectivity index (χ0) is 18.7. The van der Waals surface area contributed by atoms with Crippen LogP contribution in [0.4, 0.5) is 5.13 Å². The fraction of sp³-hybridized carbons (Fsp3) is 0.250. The third kappa shape index (κ3) is 3.74. The van der Waals surface area contributed by atoms with Gasteiger partial charge in [-0.15, -0.1) is 0 Å². The van der Waals surface area contributed by atoms with Gasteiger partial charge in [-0.2, -0.15) is 5.26 Å². The largest absolute Gasteiger partial charge is 0.338 e. The number of quaternary nitrogens is 1. The van der Waals surface area contributed by atoms with Crippen LogP contribution in [0, 0.1) is 18.3 Å². The number of thiazole rings is 1. The number of carbonyl (C=O) groups excluding carboxylic acids is 1. The molecule has 132 valence electrons. The highest BCUT2D eigenvalue weighted by Gasteiger charge is 2.22. The normalized spacial score (nSPS) is 10.9. The van der Waals surface area contributed by atoms with E-state index in [1.807, 2.05) is 25.1 Å². The van der Waals surface area contributed by atoms with Crippen LogP contribution < -0.4 is 9.80 Å². The third-order valence-corrected chi connectivity index (χ3v) is 5.23. The molecule has 0 atom stereocenters. The molecule has 0 aliphatic carbocycles. The lowest BCUT2D eigenvalue weighted by Crippen LogP contribution is -3.06. The molecule has 5 nitrogen and oxygen atoms in total. The van der Waals surface area contributed by atoms with Crippen molar-refractivity contribution < 1.29 is 9.69 Å². The summed E-state index contributed by atoms with van der Waals surface area (Å²) in [6, 6.07) is 14.9. The first-order chi connectivity index (χ1) is 12.5. The van der Waals surface area contributed by atoms with E-state index < -0.39 is 0 Å². The number of aryl methyl sites for hydroxylation is 1. The smallest absolute Gasteiger partial charge is 0.260 e. The quantitative estimate of drug-likeness (QED) is 0.754. The summed E-state index contributed by atoms with van der Waals surface area (Å²) < 4.78 is 1.08. The average Bonchev–Trinajstić information content (AvgIpc) is 3.07. The molecule has 0 aliphatic rings. The predicted octanol–water partition coefficient (Wildman–Crippen LogP) is 2.27. The number of rotatable bonds is 5. The van der Waals surface area contributed by atoms with Crippen molar-refractivity contribution in [3.8, 4) is 6.07 Å². The number of hydrogen-bond acceptors (Lipinski definition) is 4. The number of nitrogens with zero attached hydrogens (tertiary/aromatic N) is 3. The van der Waals surface area contributed by atoms with E-state index in [9.17, 15) is 4.79 Å². The van der Waals surface area contributed by atoms with Gasteiger partial charge in [-0.1, -0.05) is 23.5 Å². The van der Waals surface area contributed by atoms with Crippen LogP contribution in [0.2, 0.25) is 0 Å². The Morgan fingerprint density at radius 2 is 1.96 bits per heavy atom. The van der Waals surface area contributed by atoms with Crippen molar-refractivity contribution in [3.05, 3.63) is 59.2 Å². The van der Waals surface area contributed by atoms with E-state index in [0.717, 1.165) is 22.3 Å². The van der Waals surface area contributed by atoms with Gasteiger partial charge < -0.3 is 4.90 Å². The Morgan fingerprint density at radius 3 is 2.58 bits per heavy atom. The van der Waals surface area contributed by atoms with E-state index in [0.29, 0.717) is 22.8 Å². The number of anilines is 1. The second-order valence-corrected chi connectivity index (χ2v) is 7.53. The van der Waals surface area contributed by atoms with E-state index >= 15 is 0 Å². The van der Waals surface area contributed by atoms with E-state index in [1.54, 1.807) is 29.2 Å². The molecule has 0 bridgehead atoms. The Labute approximate surface area is 157 Å². The highest BCUT2D eigenvalue weighted by atomic mass is 32.1. The SMILES string of the molecule is Cc1cccc2sc(N(CC[NH+](C)C)C(=O)c3ccc(C#N)cc3)nc12. The number of amides is 1. The van der Waals surface area contributed by atoms with E-state index in [-0.39, 0.29) is 5.91 Å². The standard InChI is InChI=1S/C20H20N4OS/c1-14-5-4-6-17-18(14)22-20(26-17)24(12-11-23(2)3)19(25)16-9-7-15(13-21)8-10-16/h4-10H,11-12H2,1-3H3/p+1. The Hall–Kier alpha value is -2.75. The molecule has 1 aromatic heterocycles. The minimum Gasteiger partial charge on any atom is -0.338 e. The Morgan fingerprint density at radius 1 is 1.23 bits per heavy atom. The third-order valence-electron chi connectivity index (χ3n) is 4.18. The molecule has 1 amide bonds. The first kappa shape index (κ1) is 18.1. The molecule has 0 unspecified atom stereocenters. The first-order valence-electron chi connectivity index (χ1n) is 8.47. The van der Waals surface area contributed by atoms with Gasteiger partial charge in [0.05, 0.1) is 49.0 Å². The lowest BCUT2D eigenvalue weighted by molar-refractivity contribution is -0.856. The summed E-state index contributed by atoms with van der Waals surface area (Å²) in [4.78, 5) is 20.9. The van der Waals surface area contributed by atoms with E-state index in [1.165, 1.54) is 16.2 Å². The van der Waals surface area contributed by atoms with Gasteiger partial charge in [0.1, 0.15) is 0 Å². The molecule has 3 rings (SSSR count). The van der Waals surface area contributed by atoms with Crippen LogP contribution in [0.15, 0.2) is 42.5 Å². The maximum atomic E-state index is 13.1. The van der Waals surface area contributed by atoms with Crippen LogP contribution in [0.1, 0.15) is 21.5 Å². The van der Waals surface area contributed by atoms with Crippen LogP contribution in [0.3, 0.4) is 0 Å². The summed E-state index contributed by atoms with van der Waals surface area (Å²) in [6.45, 7) is 3.43. The molecular weight excluding hydrogens is 344 g/mol. The number of nitriles is 1. The van der Waals surface area contributed by atoms with Crippen molar-refractivity contribution in [2.24, 2.45) is 0 Å². The van der Waals surface area contributed by atoms with Gasteiger partial charge in [-0.25, -0.2) is 4.98 Å². The van der Waals surface area contributed by atoms with E-state index in [4.69, 9.17) is 10.2 Å². The highest BCUT2D eigenvalue weighted by molar-refractivity contribution is 7.22. The summed E-state index contributed by atoms with van der Waals surface area (Å²) >= 11 is 1.53. The first-order valence-corrected chi connectivity index (χ1v) is 9.28. The van der Waals surface area contributed by atoms with Gasteiger partial charge in [0.15, 0.2) is 5.13 Å². The number of para-hydroxylation sites is 1. The van der Waals surface area contributed by atoms with E-state index in [2.05, 4.69) is 20.2 Å². The summed E-state index contributed by atoms with van der Waals surface area (Å²) in [6.07, 6.45) is 0.